The lowest BCUT2D eigenvalue weighted by Gasteiger charge is -2.20. The van der Waals surface area contributed by atoms with E-state index < -0.39 is 16.5 Å². The van der Waals surface area contributed by atoms with Crippen LogP contribution < -0.4 is 5.32 Å². The van der Waals surface area contributed by atoms with Gasteiger partial charge in [0.1, 0.15) is 5.54 Å². The lowest BCUT2D eigenvalue weighted by atomic mass is 9.96. The lowest BCUT2D eigenvalue weighted by Crippen LogP contribution is -2.43. The highest BCUT2D eigenvalue weighted by Crippen LogP contribution is 2.25. The number of nitrogens with zero attached hydrogens (tertiary/aromatic N) is 2. The number of rotatable bonds is 5. The molecule has 1 atom stereocenters. The predicted octanol–water partition coefficient (Wildman–Crippen LogP) is 2.21. The van der Waals surface area contributed by atoms with Crippen LogP contribution in [0.4, 0.5) is 10.5 Å². The molecule has 0 aromatic heterocycles. The van der Waals surface area contributed by atoms with E-state index in [0.29, 0.717) is 12.0 Å². The summed E-state index contributed by atoms with van der Waals surface area (Å²) in [6, 6.07) is 5.48. The Morgan fingerprint density at radius 2 is 2.10 bits per heavy atom. The maximum Gasteiger partial charge on any atom is 0.325 e. The zero-order valence-corrected chi connectivity index (χ0v) is 12.0. The zero-order chi connectivity index (χ0) is 15.6. The van der Waals surface area contributed by atoms with Gasteiger partial charge in [-0.2, -0.15) is 0 Å². The van der Waals surface area contributed by atoms with E-state index in [9.17, 15) is 19.7 Å². The molecule has 21 heavy (non-hydrogen) atoms. The molecule has 0 saturated carbocycles. The van der Waals surface area contributed by atoms with E-state index in [2.05, 4.69) is 5.32 Å². The summed E-state index contributed by atoms with van der Waals surface area (Å²) in [5, 5.41) is 13.4. The van der Waals surface area contributed by atoms with E-state index in [4.69, 9.17) is 0 Å². The number of nitro benzene ring substituents is 1. The fraction of sp³-hybridized carbons (Fsp3) is 0.429. The Labute approximate surface area is 122 Å². The number of benzene rings is 1. The molecule has 0 radical (unpaired) electrons. The summed E-state index contributed by atoms with van der Waals surface area (Å²) < 4.78 is 0. The highest BCUT2D eigenvalue weighted by atomic mass is 16.6. The van der Waals surface area contributed by atoms with Crippen molar-refractivity contribution in [2.24, 2.45) is 0 Å². The number of carbonyl (C=O) groups excluding carboxylic acids is 2. The SMILES string of the molecule is CCC[C@]1(C)NC(=O)N(Cc2cccc([N+](=O)[O-])c2)C1=O. The third kappa shape index (κ3) is 2.86. The second-order valence-corrected chi connectivity index (χ2v) is 5.33. The van der Waals surface area contributed by atoms with Crippen molar-refractivity contribution >= 4 is 17.6 Å². The van der Waals surface area contributed by atoms with E-state index in [-0.39, 0.29) is 18.1 Å². The Balaban J connectivity index is 2.20. The van der Waals surface area contributed by atoms with Crippen LogP contribution in [0.5, 0.6) is 0 Å². The van der Waals surface area contributed by atoms with Crippen LogP contribution in [0, 0.1) is 10.1 Å². The number of imide groups is 1. The average Bonchev–Trinajstić information content (AvgIpc) is 2.63. The summed E-state index contributed by atoms with van der Waals surface area (Å²) in [7, 11) is 0. The first-order valence-electron chi connectivity index (χ1n) is 6.75. The van der Waals surface area contributed by atoms with Gasteiger partial charge in [-0.1, -0.05) is 25.5 Å². The van der Waals surface area contributed by atoms with Crippen molar-refractivity contribution in [3.63, 3.8) is 0 Å². The van der Waals surface area contributed by atoms with Crippen molar-refractivity contribution in [2.45, 2.75) is 38.8 Å². The van der Waals surface area contributed by atoms with Gasteiger partial charge in [-0.05, 0) is 18.9 Å². The van der Waals surface area contributed by atoms with Crippen molar-refractivity contribution in [1.82, 2.24) is 10.2 Å². The van der Waals surface area contributed by atoms with Gasteiger partial charge in [0, 0.05) is 12.1 Å². The normalized spacial score (nSPS) is 21.5. The van der Waals surface area contributed by atoms with Gasteiger partial charge in [-0.25, -0.2) is 4.79 Å². The molecule has 1 saturated heterocycles. The fourth-order valence-corrected chi connectivity index (χ4v) is 2.51. The highest BCUT2D eigenvalue weighted by Gasteiger charge is 2.46. The number of carbonyl (C=O) groups is 2. The topological polar surface area (TPSA) is 92.6 Å². The Morgan fingerprint density at radius 3 is 2.71 bits per heavy atom. The van der Waals surface area contributed by atoms with Gasteiger partial charge in [-0.15, -0.1) is 0 Å². The summed E-state index contributed by atoms with van der Waals surface area (Å²) in [6.07, 6.45) is 1.33. The maximum absolute atomic E-state index is 12.4. The molecule has 3 amide bonds. The minimum absolute atomic E-state index is 0.0334. The Kier molecular flexibility index (Phi) is 3.93. The third-order valence-corrected chi connectivity index (χ3v) is 3.56. The van der Waals surface area contributed by atoms with Crippen LogP contribution in [0.15, 0.2) is 24.3 Å². The standard InChI is InChI=1S/C14H17N3O4/c1-3-7-14(2)12(18)16(13(19)15-14)9-10-5-4-6-11(8-10)17(20)21/h4-6,8H,3,7,9H2,1-2H3,(H,15,19)/t14-/m0/s1. The van der Waals surface area contributed by atoms with Crippen LogP contribution in [0.25, 0.3) is 0 Å². The molecular formula is C14H17N3O4. The van der Waals surface area contributed by atoms with Crippen LogP contribution in [-0.2, 0) is 11.3 Å². The van der Waals surface area contributed by atoms with Gasteiger partial charge in [0.15, 0.2) is 0 Å². The van der Waals surface area contributed by atoms with Crippen LogP contribution in [0.1, 0.15) is 32.3 Å². The summed E-state index contributed by atoms with van der Waals surface area (Å²) >= 11 is 0. The molecule has 1 aliphatic heterocycles. The summed E-state index contributed by atoms with van der Waals surface area (Å²) in [5.74, 6) is -0.291. The number of non-ortho nitro benzene ring substituents is 1. The molecule has 0 unspecified atom stereocenters. The minimum Gasteiger partial charge on any atom is -0.323 e. The van der Waals surface area contributed by atoms with Gasteiger partial charge in [-0.3, -0.25) is 19.8 Å². The Morgan fingerprint density at radius 1 is 1.38 bits per heavy atom. The highest BCUT2D eigenvalue weighted by molar-refractivity contribution is 6.06. The minimum atomic E-state index is -0.882. The molecule has 1 heterocycles. The van der Waals surface area contributed by atoms with Crippen LogP contribution in [0.3, 0.4) is 0 Å². The van der Waals surface area contributed by atoms with Gasteiger partial charge in [0.25, 0.3) is 11.6 Å². The van der Waals surface area contributed by atoms with Gasteiger partial charge in [0.05, 0.1) is 11.5 Å². The predicted molar refractivity (Wildman–Crippen MR) is 75.5 cm³/mol. The van der Waals surface area contributed by atoms with Crippen molar-refractivity contribution in [3.8, 4) is 0 Å². The first-order valence-corrected chi connectivity index (χ1v) is 6.75. The monoisotopic (exact) mass is 291 g/mol. The Hall–Kier alpha value is -2.44. The molecule has 7 nitrogen and oxygen atoms in total. The summed E-state index contributed by atoms with van der Waals surface area (Å²) in [5.41, 5.74) is -0.392. The molecule has 1 N–H and O–H groups in total. The first kappa shape index (κ1) is 15.0. The molecule has 7 heteroatoms. The van der Waals surface area contributed by atoms with Crippen molar-refractivity contribution in [1.29, 1.82) is 0 Å². The molecule has 0 bridgehead atoms. The molecule has 1 fully saturated rings. The summed E-state index contributed by atoms with van der Waals surface area (Å²) in [4.78, 5) is 35.7. The smallest absolute Gasteiger partial charge is 0.323 e. The van der Waals surface area contributed by atoms with E-state index in [1.54, 1.807) is 13.0 Å². The lowest BCUT2D eigenvalue weighted by molar-refractivity contribution is -0.384. The number of hydrogen-bond donors (Lipinski definition) is 1. The van der Waals surface area contributed by atoms with Crippen LogP contribution >= 0.6 is 0 Å². The second-order valence-electron chi connectivity index (χ2n) is 5.33. The molecule has 1 aliphatic rings. The van der Waals surface area contributed by atoms with Crippen molar-refractivity contribution < 1.29 is 14.5 Å². The Bertz CT molecular complexity index is 602. The number of nitrogens with one attached hydrogen (secondary N) is 1. The molecule has 1 aromatic rings. The molecule has 0 aliphatic carbocycles. The third-order valence-electron chi connectivity index (χ3n) is 3.56. The molecule has 1 aromatic carbocycles. The van der Waals surface area contributed by atoms with E-state index in [0.717, 1.165) is 11.3 Å². The molecule has 2 rings (SSSR count). The average molecular weight is 291 g/mol. The first-order chi connectivity index (χ1) is 9.87. The molecular weight excluding hydrogens is 274 g/mol. The van der Waals surface area contributed by atoms with Crippen molar-refractivity contribution in [2.75, 3.05) is 0 Å². The summed E-state index contributed by atoms with van der Waals surface area (Å²) in [6.45, 7) is 3.67. The number of nitro groups is 1. The molecule has 0 spiro atoms. The number of hydrogen-bond acceptors (Lipinski definition) is 4. The van der Waals surface area contributed by atoms with Gasteiger partial charge >= 0.3 is 6.03 Å². The van der Waals surface area contributed by atoms with E-state index in [1.807, 2.05) is 6.92 Å². The van der Waals surface area contributed by atoms with E-state index >= 15 is 0 Å². The van der Waals surface area contributed by atoms with Crippen LogP contribution in [-0.4, -0.2) is 27.3 Å². The van der Waals surface area contributed by atoms with Gasteiger partial charge < -0.3 is 5.32 Å². The van der Waals surface area contributed by atoms with E-state index in [1.165, 1.54) is 18.2 Å². The molecule has 112 valence electrons. The van der Waals surface area contributed by atoms with Crippen molar-refractivity contribution in [3.05, 3.63) is 39.9 Å². The van der Waals surface area contributed by atoms with Crippen LogP contribution in [0.2, 0.25) is 0 Å². The second kappa shape index (κ2) is 5.51. The number of urea groups is 1. The zero-order valence-electron chi connectivity index (χ0n) is 12.0. The maximum atomic E-state index is 12.4. The number of amides is 3. The quantitative estimate of drug-likeness (QED) is 0.511. The largest absolute Gasteiger partial charge is 0.325 e. The van der Waals surface area contributed by atoms with Gasteiger partial charge in [0.2, 0.25) is 0 Å². The fourth-order valence-electron chi connectivity index (χ4n) is 2.51.